The van der Waals surface area contributed by atoms with Gasteiger partial charge in [0.05, 0.1) is 31.6 Å². The van der Waals surface area contributed by atoms with E-state index >= 15 is 0 Å². The Bertz CT molecular complexity index is 761. The van der Waals surface area contributed by atoms with E-state index in [1.807, 2.05) is 42.2 Å². The molecule has 1 aliphatic rings. The van der Waals surface area contributed by atoms with Crippen LogP contribution in [-0.4, -0.2) is 32.7 Å². The van der Waals surface area contributed by atoms with E-state index < -0.39 is 0 Å². The summed E-state index contributed by atoms with van der Waals surface area (Å²) in [6.07, 6.45) is 0. The highest BCUT2D eigenvalue weighted by atomic mass is 16.5. The first kappa shape index (κ1) is 16.0. The molecule has 6 heteroatoms. The number of rotatable bonds is 4. The molecule has 0 radical (unpaired) electrons. The minimum absolute atomic E-state index is 0.108. The maximum Gasteiger partial charge on any atom is 0.243 e. The van der Waals surface area contributed by atoms with Crippen LogP contribution in [0.15, 0.2) is 36.4 Å². The summed E-state index contributed by atoms with van der Waals surface area (Å²) in [5.74, 6) is 1.25. The number of nitrogen functional groups attached to an aromatic ring is 1. The van der Waals surface area contributed by atoms with Gasteiger partial charge in [-0.2, -0.15) is 0 Å². The highest BCUT2D eigenvalue weighted by Crippen LogP contribution is 2.33. The van der Waals surface area contributed by atoms with Crippen LogP contribution in [0.4, 0.5) is 17.1 Å². The summed E-state index contributed by atoms with van der Waals surface area (Å²) in [4.78, 5) is 14.4. The molecule has 3 rings (SSSR count). The Labute approximate surface area is 141 Å². The van der Waals surface area contributed by atoms with Crippen molar-refractivity contribution >= 4 is 23.0 Å². The number of hydrogen-bond donors (Lipinski definition) is 2. The fourth-order valence-electron chi connectivity index (χ4n) is 2.74. The molecule has 0 unspecified atom stereocenters. The van der Waals surface area contributed by atoms with Crippen LogP contribution in [0.1, 0.15) is 5.56 Å². The lowest BCUT2D eigenvalue weighted by molar-refractivity contribution is -0.115. The molecule has 3 N–H and O–H groups in total. The number of aryl methyl sites for hydroxylation is 1. The molecule has 24 heavy (non-hydrogen) atoms. The maximum absolute atomic E-state index is 12.5. The zero-order valence-electron chi connectivity index (χ0n) is 13.8. The number of ether oxygens (including phenoxy) is 2. The van der Waals surface area contributed by atoms with Gasteiger partial charge in [0.25, 0.3) is 0 Å². The van der Waals surface area contributed by atoms with Crippen LogP contribution in [0.25, 0.3) is 0 Å². The molecule has 1 heterocycles. The van der Waals surface area contributed by atoms with Crippen LogP contribution in [0.3, 0.4) is 0 Å². The third-order valence-electron chi connectivity index (χ3n) is 3.91. The molecule has 0 bridgehead atoms. The predicted molar refractivity (Wildman–Crippen MR) is 94.9 cm³/mol. The Kier molecular flexibility index (Phi) is 4.46. The Morgan fingerprint density at radius 1 is 1.33 bits per heavy atom. The van der Waals surface area contributed by atoms with E-state index in [2.05, 4.69) is 5.32 Å². The van der Waals surface area contributed by atoms with Crippen LogP contribution < -0.4 is 25.4 Å². The zero-order valence-corrected chi connectivity index (χ0v) is 13.8. The van der Waals surface area contributed by atoms with E-state index in [1.165, 1.54) is 0 Å². The number of carbonyl (C=O) groups is 1. The molecule has 1 aliphatic heterocycles. The molecule has 0 aromatic heterocycles. The van der Waals surface area contributed by atoms with Gasteiger partial charge in [0.2, 0.25) is 5.91 Å². The Balaban J connectivity index is 1.74. The minimum Gasteiger partial charge on any atom is -0.495 e. The number of nitrogens with one attached hydrogen (secondary N) is 1. The molecule has 126 valence electrons. The average molecular weight is 327 g/mol. The molecule has 0 atom stereocenters. The van der Waals surface area contributed by atoms with Gasteiger partial charge in [0.15, 0.2) is 0 Å². The molecule has 0 aliphatic carbocycles. The largest absolute Gasteiger partial charge is 0.495 e. The average Bonchev–Trinajstić information content (AvgIpc) is 2.55. The van der Waals surface area contributed by atoms with Gasteiger partial charge in [0.1, 0.15) is 18.1 Å². The van der Waals surface area contributed by atoms with Crippen LogP contribution in [-0.2, 0) is 4.79 Å². The number of methoxy groups -OCH3 is 1. The number of carbonyl (C=O) groups excluding carboxylic acids is 1. The van der Waals surface area contributed by atoms with Crippen molar-refractivity contribution in [1.82, 2.24) is 0 Å². The Morgan fingerprint density at radius 3 is 2.96 bits per heavy atom. The van der Waals surface area contributed by atoms with Crippen LogP contribution in [0.5, 0.6) is 11.5 Å². The van der Waals surface area contributed by atoms with Crippen molar-refractivity contribution in [2.24, 2.45) is 0 Å². The van der Waals surface area contributed by atoms with Crippen LogP contribution >= 0.6 is 0 Å². The lowest BCUT2D eigenvalue weighted by Crippen LogP contribution is -2.38. The van der Waals surface area contributed by atoms with Gasteiger partial charge in [-0.1, -0.05) is 6.07 Å². The second kappa shape index (κ2) is 6.70. The molecular formula is C18H21N3O3. The predicted octanol–water partition coefficient (Wildman–Crippen LogP) is 2.42. The summed E-state index contributed by atoms with van der Waals surface area (Å²) in [6.45, 7) is 3.38. The first-order valence-electron chi connectivity index (χ1n) is 7.78. The highest BCUT2D eigenvalue weighted by Gasteiger charge is 2.21. The van der Waals surface area contributed by atoms with Crippen molar-refractivity contribution < 1.29 is 14.3 Å². The van der Waals surface area contributed by atoms with Crippen LogP contribution in [0, 0.1) is 6.92 Å². The number of amides is 1. The van der Waals surface area contributed by atoms with Gasteiger partial charge in [-0.25, -0.2) is 0 Å². The van der Waals surface area contributed by atoms with Crippen molar-refractivity contribution in [3.8, 4) is 11.5 Å². The third-order valence-corrected chi connectivity index (χ3v) is 3.91. The van der Waals surface area contributed by atoms with E-state index in [0.717, 1.165) is 11.3 Å². The van der Waals surface area contributed by atoms with E-state index in [0.29, 0.717) is 36.0 Å². The van der Waals surface area contributed by atoms with Crippen molar-refractivity contribution in [3.05, 3.63) is 42.0 Å². The normalized spacial score (nSPS) is 13.0. The first-order valence-corrected chi connectivity index (χ1v) is 7.78. The molecule has 1 amide bonds. The van der Waals surface area contributed by atoms with Crippen molar-refractivity contribution in [2.45, 2.75) is 6.92 Å². The highest BCUT2D eigenvalue weighted by molar-refractivity contribution is 5.95. The van der Waals surface area contributed by atoms with Gasteiger partial charge in [-0.15, -0.1) is 0 Å². The van der Waals surface area contributed by atoms with Crippen molar-refractivity contribution in [2.75, 3.05) is 42.8 Å². The number of nitrogens with two attached hydrogens (primary N) is 1. The number of anilines is 3. The molecule has 2 aromatic rings. The van der Waals surface area contributed by atoms with Crippen molar-refractivity contribution in [3.63, 3.8) is 0 Å². The van der Waals surface area contributed by atoms with E-state index in [-0.39, 0.29) is 12.5 Å². The number of nitrogens with zero attached hydrogens (tertiary/aromatic N) is 1. The summed E-state index contributed by atoms with van der Waals surface area (Å²) < 4.78 is 10.9. The van der Waals surface area contributed by atoms with E-state index in [1.54, 1.807) is 13.2 Å². The van der Waals surface area contributed by atoms with Gasteiger partial charge in [0, 0.05) is 11.8 Å². The van der Waals surface area contributed by atoms with Crippen molar-refractivity contribution in [1.29, 1.82) is 0 Å². The van der Waals surface area contributed by atoms with Gasteiger partial charge in [-0.3, -0.25) is 4.79 Å². The lowest BCUT2D eigenvalue weighted by Gasteiger charge is -2.30. The second-order valence-electron chi connectivity index (χ2n) is 5.75. The minimum atomic E-state index is -0.108. The molecule has 0 spiro atoms. The number of hydrogen-bond acceptors (Lipinski definition) is 5. The van der Waals surface area contributed by atoms with Gasteiger partial charge < -0.3 is 25.4 Å². The summed E-state index contributed by atoms with van der Waals surface area (Å²) in [7, 11) is 1.59. The smallest absolute Gasteiger partial charge is 0.243 e. The SMILES string of the molecule is COc1ccc(C)cc1NC(=O)CN1CCOc2cc(N)ccc21. The fourth-order valence-corrected chi connectivity index (χ4v) is 2.74. The number of benzene rings is 2. The summed E-state index contributed by atoms with van der Waals surface area (Å²) in [6, 6.07) is 11.1. The van der Waals surface area contributed by atoms with E-state index in [9.17, 15) is 4.79 Å². The third kappa shape index (κ3) is 3.37. The molecular weight excluding hydrogens is 306 g/mol. The summed E-state index contributed by atoms with van der Waals surface area (Å²) in [5, 5.41) is 2.92. The second-order valence-corrected chi connectivity index (χ2v) is 5.75. The van der Waals surface area contributed by atoms with E-state index in [4.69, 9.17) is 15.2 Å². The molecule has 0 saturated carbocycles. The van der Waals surface area contributed by atoms with Gasteiger partial charge in [-0.05, 0) is 36.8 Å². The topological polar surface area (TPSA) is 76.8 Å². The summed E-state index contributed by atoms with van der Waals surface area (Å²) in [5.41, 5.74) is 9.03. The monoisotopic (exact) mass is 327 g/mol. The lowest BCUT2D eigenvalue weighted by atomic mass is 10.2. The summed E-state index contributed by atoms with van der Waals surface area (Å²) >= 11 is 0. The quantitative estimate of drug-likeness (QED) is 0.844. The van der Waals surface area contributed by atoms with Crippen LogP contribution in [0.2, 0.25) is 0 Å². The zero-order chi connectivity index (χ0) is 17.1. The molecule has 0 saturated heterocycles. The Morgan fingerprint density at radius 2 is 2.17 bits per heavy atom. The van der Waals surface area contributed by atoms with Gasteiger partial charge >= 0.3 is 0 Å². The Hall–Kier alpha value is -2.89. The molecule has 6 nitrogen and oxygen atoms in total. The fraction of sp³-hybridized carbons (Fsp3) is 0.278. The molecule has 2 aromatic carbocycles. The standard InChI is InChI=1S/C18H21N3O3/c1-12-3-6-16(23-2)14(9-12)20-18(22)11-21-7-8-24-17-10-13(19)4-5-15(17)21/h3-6,9-10H,7-8,11,19H2,1-2H3,(H,20,22). The first-order chi connectivity index (χ1) is 11.6. The maximum atomic E-state index is 12.5. The number of fused-ring (bicyclic) bond motifs is 1. The molecule has 0 fully saturated rings.